The van der Waals surface area contributed by atoms with Gasteiger partial charge in [-0.2, -0.15) is 0 Å². The summed E-state index contributed by atoms with van der Waals surface area (Å²) in [6, 6.07) is 11.8. The van der Waals surface area contributed by atoms with Crippen molar-refractivity contribution in [2.45, 2.75) is 5.25 Å². The summed E-state index contributed by atoms with van der Waals surface area (Å²) in [7, 11) is 0.301. The van der Waals surface area contributed by atoms with E-state index in [2.05, 4.69) is 0 Å². The summed E-state index contributed by atoms with van der Waals surface area (Å²) in [4.78, 5) is 0. The van der Waals surface area contributed by atoms with E-state index in [0.29, 0.717) is 12.4 Å². The third kappa shape index (κ3) is 4.19. The van der Waals surface area contributed by atoms with Gasteiger partial charge in [0.15, 0.2) is 0 Å². The Balaban J connectivity index is 2.36. The van der Waals surface area contributed by atoms with Crippen molar-refractivity contribution >= 4 is 10.8 Å². The standard InChI is InChI=1S/C16H16F2O2S/c1-20-10-11-21(19)16(12-2-6-14(17)7-3-12)13-4-8-15(18)9-5-13/h2-9,16H,10-11H2,1H3/t21-/m1/s1. The molecule has 2 aromatic rings. The van der Waals surface area contributed by atoms with Crippen LogP contribution < -0.4 is 0 Å². The van der Waals surface area contributed by atoms with E-state index >= 15 is 0 Å². The molecule has 2 rings (SSSR count). The van der Waals surface area contributed by atoms with Crippen LogP contribution in [0.3, 0.4) is 0 Å². The summed E-state index contributed by atoms with van der Waals surface area (Å²) in [5, 5.41) is -0.429. The third-order valence-electron chi connectivity index (χ3n) is 3.10. The molecule has 0 aliphatic carbocycles. The molecule has 0 spiro atoms. The molecule has 0 N–H and O–H groups in total. The summed E-state index contributed by atoms with van der Waals surface area (Å²) in [5.74, 6) is -0.339. The SMILES string of the molecule is COCC[S@@](=O)C(c1ccc(F)cc1)c1ccc(F)cc1. The highest BCUT2D eigenvalue weighted by molar-refractivity contribution is 7.85. The number of ether oxygens (including phenoxy) is 1. The van der Waals surface area contributed by atoms with Gasteiger partial charge in [-0.15, -0.1) is 0 Å². The van der Waals surface area contributed by atoms with Gasteiger partial charge >= 0.3 is 0 Å². The Labute approximate surface area is 125 Å². The van der Waals surface area contributed by atoms with Crippen molar-refractivity contribution in [2.24, 2.45) is 0 Å². The van der Waals surface area contributed by atoms with Crippen LogP contribution >= 0.6 is 0 Å². The minimum absolute atomic E-state index is 0.348. The number of methoxy groups -OCH3 is 1. The molecule has 5 heteroatoms. The van der Waals surface area contributed by atoms with Crippen molar-refractivity contribution in [3.8, 4) is 0 Å². The van der Waals surface area contributed by atoms with Gasteiger partial charge < -0.3 is 4.74 Å². The first-order chi connectivity index (χ1) is 10.1. The first kappa shape index (κ1) is 15.8. The molecule has 2 aromatic carbocycles. The van der Waals surface area contributed by atoms with Crippen molar-refractivity contribution in [1.82, 2.24) is 0 Å². The van der Waals surface area contributed by atoms with Crippen LogP contribution in [0.25, 0.3) is 0 Å². The predicted molar refractivity (Wildman–Crippen MR) is 79.5 cm³/mol. The molecule has 0 amide bonds. The lowest BCUT2D eigenvalue weighted by molar-refractivity contribution is 0.218. The molecule has 0 aliphatic heterocycles. The molecule has 0 heterocycles. The zero-order chi connectivity index (χ0) is 15.2. The van der Waals surface area contributed by atoms with Crippen molar-refractivity contribution in [3.05, 3.63) is 71.3 Å². The molecule has 0 fully saturated rings. The number of hydrogen-bond donors (Lipinski definition) is 0. The molecule has 0 saturated carbocycles. The molecule has 0 saturated heterocycles. The van der Waals surface area contributed by atoms with Crippen LogP contribution in [-0.2, 0) is 15.5 Å². The van der Waals surface area contributed by atoms with Crippen LogP contribution in [-0.4, -0.2) is 23.7 Å². The molecule has 1 atom stereocenters. The van der Waals surface area contributed by atoms with E-state index < -0.39 is 16.0 Å². The maximum absolute atomic E-state index is 13.1. The van der Waals surface area contributed by atoms with E-state index in [1.165, 1.54) is 24.3 Å². The Hall–Kier alpha value is -1.59. The Morgan fingerprint density at radius 3 is 1.76 bits per heavy atom. The summed E-state index contributed by atoms with van der Waals surface area (Å²) in [6.07, 6.45) is 0. The van der Waals surface area contributed by atoms with Crippen molar-refractivity contribution in [2.75, 3.05) is 19.5 Å². The quantitative estimate of drug-likeness (QED) is 0.817. The second-order valence-corrected chi connectivity index (χ2v) is 6.20. The summed E-state index contributed by atoms with van der Waals surface area (Å²) >= 11 is 0. The molecular formula is C16H16F2O2S. The highest BCUT2D eigenvalue weighted by Gasteiger charge is 2.21. The average Bonchev–Trinajstić information content (AvgIpc) is 2.49. The normalized spacial score (nSPS) is 12.6. The van der Waals surface area contributed by atoms with Crippen molar-refractivity contribution < 1.29 is 17.7 Å². The van der Waals surface area contributed by atoms with Gasteiger partial charge in [0.05, 0.1) is 11.9 Å². The van der Waals surface area contributed by atoms with Gasteiger partial charge in [-0.25, -0.2) is 8.78 Å². The van der Waals surface area contributed by atoms with Gasteiger partial charge in [0.2, 0.25) is 0 Å². The van der Waals surface area contributed by atoms with Crippen LogP contribution in [0.5, 0.6) is 0 Å². The lowest BCUT2D eigenvalue weighted by Gasteiger charge is -2.17. The Bertz CT molecular complexity index is 551. The number of benzene rings is 2. The van der Waals surface area contributed by atoms with E-state index in [-0.39, 0.29) is 11.6 Å². The maximum atomic E-state index is 13.1. The van der Waals surface area contributed by atoms with E-state index in [0.717, 1.165) is 11.1 Å². The molecular weight excluding hydrogens is 294 g/mol. The number of hydrogen-bond acceptors (Lipinski definition) is 2. The molecule has 0 bridgehead atoms. The third-order valence-corrected chi connectivity index (χ3v) is 4.74. The average molecular weight is 310 g/mol. The fourth-order valence-electron chi connectivity index (χ4n) is 2.05. The van der Waals surface area contributed by atoms with Gasteiger partial charge in [0.25, 0.3) is 0 Å². The first-order valence-corrected chi connectivity index (χ1v) is 7.87. The smallest absolute Gasteiger partial charge is 0.123 e. The lowest BCUT2D eigenvalue weighted by Crippen LogP contribution is -2.14. The molecule has 0 unspecified atom stereocenters. The van der Waals surface area contributed by atoms with Gasteiger partial charge in [-0.1, -0.05) is 24.3 Å². The fourth-order valence-corrected chi connectivity index (χ4v) is 3.54. The molecule has 0 aliphatic rings. The predicted octanol–water partition coefficient (Wildman–Crippen LogP) is 3.45. The van der Waals surface area contributed by atoms with Gasteiger partial charge in [-0.05, 0) is 35.4 Å². The molecule has 0 aromatic heterocycles. The number of rotatable bonds is 6. The monoisotopic (exact) mass is 310 g/mol. The van der Waals surface area contributed by atoms with Gasteiger partial charge in [0.1, 0.15) is 11.6 Å². The molecule has 21 heavy (non-hydrogen) atoms. The first-order valence-electron chi connectivity index (χ1n) is 6.49. The van der Waals surface area contributed by atoms with Gasteiger partial charge in [-0.3, -0.25) is 4.21 Å². The molecule has 0 radical (unpaired) electrons. The van der Waals surface area contributed by atoms with Crippen LogP contribution in [0.1, 0.15) is 16.4 Å². The summed E-state index contributed by atoms with van der Waals surface area (Å²) < 4.78 is 43.6. The van der Waals surface area contributed by atoms with Crippen LogP contribution in [0, 0.1) is 11.6 Å². The van der Waals surface area contributed by atoms with E-state index in [4.69, 9.17) is 4.74 Å². The zero-order valence-electron chi connectivity index (χ0n) is 11.6. The summed E-state index contributed by atoms with van der Waals surface area (Å²) in [5.41, 5.74) is 1.47. The lowest BCUT2D eigenvalue weighted by atomic mass is 10.0. The molecule has 2 nitrogen and oxygen atoms in total. The van der Waals surface area contributed by atoms with Crippen molar-refractivity contribution in [3.63, 3.8) is 0 Å². The van der Waals surface area contributed by atoms with E-state index in [1.54, 1.807) is 31.4 Å². The van der Waals surface area contributed by atoms with E-state index in [9.17, 15) is 13.0 Å². The Morgan fingerprint density at radius 2 is 1.38 bits per heavy atom. The largest absolute Gasteiger partial charge is 0.384 e. The minimum Gasteiger partial charge on any atom is -0.384 e. The van der Waals surface area contributed by atoms with Crippen LogP contribution in [0.2, 0.25) is 0 Å². The number of halogens is 2. The second-order valence-electron chi connectivity index (χ2n) is 4.56. The fraction of sp³-hybridized carbons (Fsp3) is 0.250. The highest BCUT2D eigenvalue weighted by Crippen LogP contribution is 2.28. The molecule has 112 valence electrons. The van der Waals surface area contributed by atoms with Gasteiger partial charge in [0, 0.05) is 23.7 Å². The Kier molecular flexibility index (Phi) is 5.59. The van der Waals surface area contributed by atoms with Crippen LogP contribution in [0.15, 0.2) is 48.5 Å². The zero-order valence-corrected chi connectivity index (χ0v) is 12.4. The van der Waals surface area contributed by atoms with Crippen LogP contribution in [0.4, 0.5) is 8.78 Å². The highest BCUT2D eigenvalue weighted by atomic mass is 32.2. The van der Waals surface area contributed by atoms with E-state index in [1.807, 2.05) is 0 Å². The maximum Gasteiger partial charge on any atom is 0.123 e. The topological polar surface area (TPSA) is 26.3 Å². The summed E-state index contributed by atoms with van der Waals surface area (Å²) in [6.45, 7) is 0.367. The minimum atomic E-state index is -1.24. The van der Waals surface area contributed by atoms with Crippen molar-refractivity contribution in [1.29, 1.82) is 0 Å². The second kappa shape index (κ2) is 7.43. The Morgan fingerprint density at radius 1 is 0.952 bits per heavy atom.